The number of thiophene rings is 1. The Morgan fingerprint density at radius 3 is 2.70 bits per heavy atom. The van der Waals surface area contributed by atoms with E-state index in [0.717, 1.165) is 40.9 Å². The monoisotopic (exact) mass is 426 g/mol. The SMILES string of the molecule is Cl.NS(=O)(=O)c1ccc(CCn2cnc3sc4c(c3c2=O)CCNC4)cc1. The van der Waals surface area contributed by atoms with E-state index in [-0.39, 0.29) is 22.9 Å². The lowest BCUT2D eigenvalue weighted by atomic mass is 10.1. The molecule has 0 atom stereocenters. The third kappa shape index (κ3) is 3.92. The first-order valence-electron chi connectivity index (χ1n) is 8.25. The highest BCUT2D eigenvalue weighted by atomic mass is 35.5. The molecule has 10 heteroatoms. The summed E-state index contributed by atoms with van der Waals surface area (Å²) < 4.78 is 24.2. The van der Waals surface area contributed by atoms with Crippen molar-refractivity contribution >= 4 is 44.0 Å². The van der Waals surface area contributed by atoms with E-state index in [0.29, 0.717) is 13.0 Å². The van der Waals surface area contributed by atoms with Crippen molar-refractivity contribution in [3.63, 3.8) is 0 Å². The summed E-state index contributed by atoms with van der Waals surface area (Å²) in [6.45, 7) is 2.16. The number of nitrogens with two attached hydrogens (primary N) is 1. The van der Waals surface area contributed by atoms with E-state index in [9.17, 15) is 13.2 Å². The minimum Gasteiger partial charge on any atom is -0.312 e. The molecule has 0 aliphatic carbocycles. The van der Waals surface area contributed by atoms with Crippen molar-refractivity contribution in [1.82, 2.24) is 14.9 Å². The molecule has 1 aliphatic rings. The van der Waals surface area contributed by atoms with Crippen LogP contribution in [0.3, 0.4) is 0 Å². The molecule has 0 unspecified atom stereocenters. The first-order chi connectivity index (χ1) is 12.4. The van der Waals surface area contributed by atoms with Crippen molar-refractivity contribution in [3.05, 3.63) is 57.0 Å². The van der Waals surface area contributed by atoms with Crippen molar-refractivity contribution < 1.29 is 8.42 Å². The van der Waals surface area contributed by atoms with Crippen LogP contribution in [0, 0.1) is 0 Å². The summed E-state index contributed by atoms with van der Waals surface area (Å²) in [7, 11) is -3.69. The predicted octanol–water partition coefficient (Wildman–Crippen LogP) is 1.42. The van der Waals surface area contributed by atoms with Crippen LogP contribution in [0.1, 0.15) is 16.0 Å². The summed E-state index contributed by atoms with van der Waals surface area (Å²) >= 11 is 1.59. The Morgan fingerprint density at radius 2 is 2.00 bits per heavy atom. The quantitative estimate of drug-likeness (QED) is 0.656. The molecule has 1 aromatic carbocycles. The maximum Gasteiger partial charge on any atom is 0.262 e. The van der Waals surface area contributed by atoms with Crippen molar-refractivity contribution in [2.24, 2.45) is 5.14 Å². The molecule has 27 heavy (non-hydrogen) atoms. The van der Waals surface area contributed by atoms with Crippen LogP contribution in [0.25, 0.3) is 10.2 Å². The summed E-state index contributed by atoms with van der Waals surface area (Å²) in [4.78, 5) is 19.4. The molecular weight excluding hydrogens is 408 g/mol. The number of hydrogen-bond acceptors (Lipinski definition) is 6. The molecular formula is C17H19ClN4O3S2. The van der Waals surface area contributed by atoms with Gasteiger partial charge in [0.1, 0.15) is 4.83 Å². The molecule has 3 N–H and O–H groups in total. The fourth-order valence-electron chi connectivity index (χ4n) is 3.20. The molecule has 3 heterocycles. The van der Waals surface area contributed by atoms with Gasteiger partial charge in [-0.25, -0.2) is 18.5 Å². The number of aromatic nitrogens is 2. The zero-order chi connectivity index (χ0) is 18.3. The fraction of sp³-hybridized carbons (Fsp3) is 0.294. The minimum atomic E-state index is -3.69. The van der Waals surface area contributed by atoms with Crippen LogP contribution >= 0.6 is 23.7 Å². The van der Waals surface area contributed by atoms with Gasteiger partial charge in [0.2, 0.25) is 10.0 Å². The summed E-state index contributed by atoms with van der Waals surface area (Å²) in [5, 5.41) is 9.17. The van der Waals surface area contributed by atoms with Crippen LogP contribution in [-0.4, -0.2) is 24.5 Å². The van der Waals surface area contributed by atoms with Gasteiger partial charge < -0.3 is 5.32 Å². The number of benzene rings is 1. The Balaban J connectivity index is 0.00000210. The predicted molar refractivity (Wildman–Crippen MR) is 108 cm³/mol. The third-order valence-corrected chi connectivity index (χ3v) is 6.66. The van der Waals surface area contributed by atoms with Gasteiger partial charge in [0.05, 0.1) is 16.6 Å². The number of hydrogen-bond donors (Lipinski definition) is 2. The van der Waals surface area contributed by atoms with Crippen molar-refractivity contribution in [1.29, 1.82) is 0 Å². The van der Waals surface area contributed by atoms with Crippen molar-refractivity contribution in [2.75, 3.05) is 6.54 Å². The average molecular weight is 427 g/mol. The Labute approximate surface area is 166 Å². The smallest absolute Gasteiger partial charge is 0.262 e. The standard InChI is InChI=1S/C17H18N4O3S2.ClH/c18-26(23,24)12-3-1-11(2-4-12)6-8-21-10-20-16-15(17(21)22)13-5-7-19-9-14(13)25-16;/h1-4,10,19H,5-9H2,(H2,18,23,24);1H. The lowest BCUT2D eigenvalue weighted by molar-refractivity contribution is 0.597. The molecule has 0 fully saturated rings. The number of sulfonamides is 1. The number of halogens is 1. The van der Waals surface area contributed by atoms with Crippen LogP contribution in [-0.2, 0) is 36.0 Å². The molecule has 2 aromatic heterocycles. The summed E-state index contributed by atoms with van der Waals surface area (Å²) in [5.74, 6) is 0. The first-order valence-corrected chi connectivity index (χ1v) is 10.6. The van der Waals surface area contributed by atoms with Gasteiger partial charge >= 0.3 is 0 Å². The average Bonchev–Trinajstić information content (AvgIpc) is 3.00. The number of aryl methyl sites for hydroxylation is 2. The fourth-order valence-corrected chi connectivity index (χ4v) is 4.87. The molecule has 0 radical (unpaired) electrons. The Morgan fingerprint density at radius 1 is 1.26 bits per heavy atom. The van der Waals surface area contributed by atoms with Gasteiger partial charge in [-0.2, -0.15) is 0 Å². The lowest BCUT2D eigenvalue weighted by Crippen LogP contribution is -2.25. The summed E-state index contributed by atoms with van der Waals surface area (Å²) in [5.41, 5.74) is 2.06. The normalized spacial score (nSPS) is 14.0. The number of primary sulfonamides is 1. The van der Waals surface area contributed by atoms with Crippen LogP contribution in [0.2, 0.25) is 0 Å². The number of nitrogens with one attached hydrogen (secondary N) is 1. The highest BCUT2D eigenvalue weighted by Gasteiger charge is 2.19. The second kappa shape index (κ2) is 7.69. The Bertz CT molecular complexity index is 1140. The maximum atomic E-state index is 12.9. The summed E-state index contributed by atoms with van der Waals surface area (Å²) in [6, 6.07) is 6.40. The van der Waals surface area contributed by atoms with E-state index in [2.05, 4.69) is 10.3 Å². The molecule has 1 aliphatic heterocycles. The largest absolute Gasteiger partial charge is 0.312 e. The molecule has 144 valence electrons. The van der Waals surface area contributed by atoms with E-state index in [1.165, 1.54) is 17.0 Å². The maximum absolute atomic E-state index is 12.9. The third-order valence-electron chi connectivity index (χ3n) is 4.59. The zero-order valence-electron chi connectivity index (χ0n) is 14.3. The highest BCUT2D eigenvalue weighted by molar-refractivity contribution is 7.89. The van der Waals surface area contributed by atoms with Gasteiger partial charge in [-0.3, -0.25) is 9.36 Å². The molecule has 0 spiro atoms. The number of rotatable bonds is 4. The Hall–Kier alpha value is -1.78. The van der Waals surface area contributed by atoms with Crippen LogP contribution < -0.4 is 16.0 Å². The van der Waals surface area contributed by atoms with Gasteiger partial charge in [0.15, 0.2) is 0 Å². The second-order valence-electron chi connectivity index (χ2n) is 6.29. The molecule has 3 aromatic rings. The highest BCUT2D eigenvalue weighted by Crippen LogP contribution is 2.29. The molecule has 0 bridgehead atoms. The van der Waals surface area contributed by atoms with Gasteiger partial charge in [-0.1, -0.05) is 12.1 Å². The molecule has 0 amide bonds. The molecule has 4 rings (SSSR count). The van der Waals surface area contributed by atoms with Crippen molar-refractivity contribution in [3.8, 4) is 0 Å². The van der Waals surface area contributed by atoms with Crippen LogP contribution in [0.15, 0.2) is 40.3 Å². The second-order valence-corrected chi connectivity index (χ2v) is 8.94. The van der Waals surface area contributed by atoms with E-state index < -0.39 is 10.0 Å². The van der Waals surface area contributed by atoms with Gasteiger partial charge in [0, 0.05) is 18.0 Å². The van der Waals surface area contributed by atoms with Crippen LogP contribution in [0.5, 0.6) is 0 Å². The lowest BCUT2D eigenvalue weighted by Gasteiger charge is -2.12. The van der Waals surface area contributed by atoms with Gasteiger partial charge in [-0.15, -0.1) is 23.7 Å². The first kappa shape index (κ1) is 20.0. The minimum absolute atomic E-state index is 0. The van der Waals surface area contributed by atoms with Gasteiger partial charge in [0.25, 0.3) is 5.56 Å². The van der Waals surface area contributed by atoms with E-state index in [1.54, 1.807) is 34.4 Å². The molecule has 0 saturated carbocycles. The number of fused-ring (bicyclic) bond motifs is 3. The molecule has 0 saturated heterocycles. The van der Waals surface area contributed by atoms with E-state index >= 15 is 0 Å². The Kier molecular flexibility index (Phi) is 5.68. The topological polar surface area (TPSA) is 107 Å². The molecule has 7 nitrogen and oxygen atoms in total. The van der Waals surface area contributed by atoms with Crippen LogP contribution in [0.4, 0.5) is 0 Å². The number of nitrogens with zero attached hydrogens (tertiary/aromatic N) is 2. The van der Waals surface area contributed by atoms with Crippen molar-refractivity contribution in [2.45, 2.75) is 30.8 Å². The zero-order valence-corrected chi connectivity index (χ0v) is 16.8. The van der Waals surface area contributed by atoms with E-state index in [4.69, 9.17) is 5.14 Å². The van der Waals surface area contributed by atoms with E-state index in [1.807, 2.05) is 0 Å². The summed E-state index contributed by atoms with van der Waals surface area (Å²) in [6.07, 6.45) is 3.05. The van der Waals surface area contributed by atoms with Gasteiger partial charge in [-0.05, 0) is 42.6 Å².